The van der Waals surface area contributed by atoms with Gasteiger partial charge in [0.05, 0.1) is 4.92 Å². The number of likely N-dealkylation sites (N-methyl/N-ethyl adjacent to an activating group) is 1. The molecule has 0 spiro atoms. The van der Waals surface area contributed by atoms with E-state index in [1.807, 2.05) is 19.1 Å². The van der Waals surface area contributed by atoms with Crippen LogP contribution < -0.4 is 5.32 Å². The van der Waals surface area contributed by atoms with Crippen molar-refractivity contribution in [2.45, 2.75) is 13.5 Å². The molecular weight excluding hydrogens is 344 g/mol. The van der Waals surface area contributed by atoms with Crippen LogP contribution in [-0.4, -0.2) is 53.9 Å². The number of hydrogen-bond acceptors (Lipinski definition) is 5. The smallest absolute Gasteiger partial charge is 0.269 e. The van der Waals surface area contributed by atoms with Crippen LogP contribution in [0.3, 0.4) is 0 Å². The van der Waals surface area contributed by atoms with Gasteiger partial charge in [0, 0.05) is 56.1 Å². The Labute approximate surface area is 158 Å². The molecule has 142 valence electrons. The third kappa shape index (κ3) is 4.90. The van der Waals surface area contributed by atoms with Crippen molar-refractivity contribution in [3.8, 4) is 0 Å². The lowest BCUT2D eigenvalue weighted by Gasteiger charge is -2.32. The van der Waals surface area contributed by atoms with Crippen LogP contribution in [0.1, 0.15) is 21.5 Å². The zero-order valence-electron chi connectivity index (χ0n) is 15.6. The topological polar surface area (TPSA) is 78.7 Å². The Morgan fingerprint density at radius 1 is 1.11 bits per heavy atom. The molecule has 27 heavy (non-hydrogen) atoms. The molecule has 0 unspecified atom stereocenters. The summed E-state index contributed by atoms with van der Waals surface area (Å²) in [7, 11) is 2.13. The van der Waals surface area contributed by atoms with Gasteiger partial charge in [-0.3, -0.25) is 19.8 Å². The van der Waals surface area contributed by atoms with E-state index in [1.165, 1.54) is 24.3 Å². The number of carbonyl (C=O) groups is 1. The third-order valence-corrected chi connectivity index (χ3v) is 4.89. The van der Waals surface area contributed by atoms with E-state index in [9.17, 15) is 14.9 Å². The highest BCUT2D eigenvalue weighted by Crippen LogP contribution is 2.20. The molecule has 1 aliphatic rings. The number of rotatable bonds is 5. The molecule has 0 radical (unpaired) electrons. The van der Waals surface area contributed by atoms with Crippen molar-refractivity contribution < 1.29 is 9.72 Å². The summed E-state index contributed by atoms with van der Waals surface area (Å²) in [4.78, 5) is 27.5. The second kappa shape index (κ2) is 8.28. The number of nitrogens with zero attached hydrogens (tertiary/aromatic N) is 3. The standard InChI is InChI=1S/C20H24N4O3/c1-15-3-4-16(14-23-11-9-22(2)10-12-23)13-19(15)21-20(25)17-5-7-18(8-6-17)24(26)27/h3-8,13H,9-12,14H2,1-2H3,(H,21,25). The van der Waals surface area contributed by atoms with E-state index in [0.29, 0.717) is 5.56 Å². The third-order valence-electron chi connectivity index (χ3n) is 4.89. The van der Waals surface area contributed by atoms with Gasteiger partial charge in [0.25, 0.3) is 11.6 Å². The van der Waals surface area contributed by atoms with E-state index in [-0.39, 0.29) is 11.6 Å². The van der Waals surface area contributed by atoms with Gasteiger partial charge in [0.2, 0.25) is 0 Å². The number of amides is 1. The van der Waals surface area contributed by atoms with Gasteiger partial charge in [0.15, 0.2) is 0 Å². The van der Waals surface area contributed by atoms with Crippen LogP contribution in [0.5, 0.6) is 0 Å². The molecule has 1 saturated heterocycles. The fourth-order valence-electron chi connectivity index (χ4n) is 3.10. The first kappa shape index (κ1) is 19.0. The molecule has 0 bridgehead atoms. The number of non-ortho nitro benzene ring substituents is 1. The maximum absolute atomic E-state index is 12.5. The van der Waals surface area contributed by atoms with E-state index in [2.05, 4.69) is 28.2 Å². The molecule has 0 aliphatic carbocycles. The average molecular weight is 368 g/mol. The SMILES string of the molecule is Cc1ccc(CN2CCN(C)CC2)cc1NC(=O)c1ccc([N+](=O)[O-])cc1. The van der Waals surface area contributed by atoms with E-state index < -0.39 is 4.92 Å². The maximum atomic E-state index is 12.5. The Kier molecular flexibility index (Phi) is 5.83. The fourth-order valence-corrected chi connectivity index (χ4v) is 3.10. The first-order valence-corrected chi connectivity index (χ1v) is 8.98. The first-order chi connectivity index (χ1) is 12.9. The summed E-state index contributed by atoms with van der Waals surface area (Å²) >= 11 is 0. The Hall–Kier alpha value is -2.77. The van der Waals surface area contributed by atoms with Crippen LogP contribution in [0, 0.1) is 17.0 Å². The Bertz CT molecular complexity index is 828. The Balaban J connectivity index is 1.68. The van der Waals surface area contributed by atoms with Crippen molar-refractivity contribution in [3.05, 3.63) is 69.3 Å². The van der Waals surface area contributed by atoms with Crippen molar-refractivity contribution in [2.24, 2.45) is 0 Å². The molecular formula is C20H24N4O3. The second-order valence-corrected chi connectivity index (χ2v) is 6.99. The normalized spacial score (nSPS) is 15.5. The number of piperazine rings is 1. The highest BCUT2D eigenvalue weighted by molar-refractivity contribution is 6.04. The maximum Gasteiger partial charge on any atom is 0.269 e. The summed E-state index contributed by atoms with van der Waals surface area (Å²) < 4.78 is 0. The molecule has 7 heteroatoms. The number of aryl methyl sites for hydroxylation is 1. The number of hydrogen-bond donors (Lipinski definition) is 1. The van der Waals surface area contributed by atoms with Crippen LogP contribution in [0.25, 0.3) is 0 Å². The zero-order chi connectivity index (χ0) is 19.4. The number of nitrogens with one attached hydrogen (secondary N) is 1. The lowest BCUT2D eigenvalue weighted by Crippen LogP contribution is -2.43. The van der Waals surface area contributed by atoms with Crippen molar-refractivity contribution in [1.29, 1.82) is 0 Å². The lowest BCUT2D eigenvalue weighted by atomic mass is 10.1. The minimum Gasteiger partial charge on any atom is -0.322 e. The zero-order valence-corrected chi connectivity index (χ0v) is 15.6. The van der Waals surface area contributed by atoms with Gasteiger partial charge in [-0.05, 0) is 43.3 Å². The van der Waals surface area contributed by atoms with Crippen LogP contribution in [0.2, 0.25) is 0 Å². The van der Waals surface area contributed by atoms with E-state index in [1.54, 1.807) is 0 Å². The quantitative estimate of drug-likeness (QED) is 0.648. The minimum absolute atomic E-state index is 0.0306. The van der Waals surface area contributed by atoms with Crippen LogP contribution in [0.4, 0.5) is 11.4 Å². The molecule has 3 rings (SSSR count). The molecule has 0 atom stereocenters. The van der Waals surface area contributed by atoms with Crippen molar-refractivity contribution in [3.63, 3.8) is 0 Å². The van der Waals surface area contributed by atoms with Crippen LogP contribution >= 0.6 is 0 Å². The predicted octanol–water partition coefficient (Wildman–Crippen LogP) is 2.90. The largest absolute Gasteiger partial charge is 0.322 e. The highest BCUT2D eigenvalue weighted by atomic mass is 16.6. The molecule has 2 aromatic rings. The monoisotopic (exact) mass is 368 g/mol. The molecule has 1 amide bonds. The number of anilines is 1. The number of nitro groups is 1. The number of nitro benzene ring substituents is 1. The summed E-state index contributed by atoms with van der Waals surface area (Å²) in [6.07, 6.45) is 0. The van der Waals surface area contributed by atoms with Gasteiger partial charge in [-0.2, -0.15) is 0 Å². The fraction of sp³-hybridized carbons (Fsp3) is 0.350. The van der Waals surface area contributed by atoms with Gasteiger partial charge in [-0.15, -0.1) is 0 Å². The Morgan fingerprint density at radius 2 is 1.78 bits per heavy atom. The van der Waals surface area contributed by atoms with E-state index >= 15 is 0 Å². The van der Waals surface area contributed by atoms with E-state index in [4.69, 9.17) is 0 Å². The molecule has 2 aromatic carbocycles. The highest BCUT2D eigenvalue weighted by Gasteiger charge is 2.15. The van der Waals surface area contributed by atoms with Gasteiger partial charge < -0.3 is 10.2 Å². The molecule has 1 N–H and O–H groups in total. The lowest BCUT2D eigenvalue weighted by molar-refractivity contribution is -0.384. The van der Waals surface area contributed by atoms with Gasteiger partial charge in [-0.25, -0.2) is 0 Å². The van der Waals surface area contributed by atoms with Crippen molar-refractivity contribution in [2.75, 3.05) is 38.5 Å². The van der Waals surface area contributed by atoms with Crippen molar-refractivity contribution >= 4 is 17.3 Å². The summed E-state index contributed by atoms with van der Waals surface area (Å²) in [6, 6.07) is 11.7. The van der Waals surface area contributed by atoms with Gasteiger partial charge in [0.1, 0.15) is 0 Å². The van der Waals surface area contributed by atoms with E-state index in [0.717, 1.165) is 49.5 Å². The van der Waals surface area contributed by atoms with Gasteiger partial charge in [-0.1, -0.05) is 12.1 Å². The molecule has 0 saturated carbocycles. The molecule has 1 aliphatic heterocycles. The number of carbonyl (C=O) groups excluding carboxylic acids is 1. The van der Waals surface area contributed by atoms with Crippen LogP contribution in [-0.2, 0) is 6.54 Å². The first-order valence-electron chi connectivity index (χ1n) is 8.98. The predicted molar refractivity (Wildman–Crippen MR) is 105 cm³/mol. The summed E-state index contributed by atoms with van der Waals surface area (Å²) in [5, 5.41) is 13.7. The summed E-state index contributed by atoms with van der Waals surface area (Å²) in [6.45, 7) is 7.01. The summed E-state index contributed by atoms with van der Waals surface area (Å²) in [5.41, 5.74) is 3.27. The summed E-state index contributed by atoms with van der Waals surface area (Å²) in [5.74, 6) is -0.273. The average Bonchev–Trinajstić information content (AvgIpc) is 2.66. The second-order valence-electron chi connectivity index (χ2n) is 6.99. The molecule has 7 nitrogen and oxygen atoms in total. The molecule has 1 fully saturated rings. The van der Waals surface area contributed by atoms with Crippen LogP contribution in [0.15, 0.2) is 42.5 Å². The molecule has 1 heterocycles. The van der Waals surface area contributed by atoms with Gasteiger partial charge >= 0.3 is 0 Å². The molecule has 0 aromatic heterocycles. The Morgan fingerprint density at radius 3 is 2.41 bits per heavy atom. The minimum atomic E-state index is -0.479. The van der Waals surface area contributed by atoms with Crippen molar-refractivity contribution in [1.82, 2.24) is 9.80 Å². The number of benzene rings is 2.